The summed E-state index contributed by atoms with van der Waals surface area (Å²) in [7, 11) is 0. The molecule has 27 heavy (non-hydrogen) atoms. The van der Waals surface area contributed by atoms with Crippen LogP contribution in [0.4, 0.5) is 5.69 Å². The minimum Gasteiger partial charge on any atom is -0.368 e. The number of hydrogen-bond donors (Lipinski definition) is 2. The first-order chi connectivity index (χ1) is 12.1. The molecule has 1 aromatic carbocycles. The Morgan fingerprint density at radius 3 is 2.33 bits per heavy atom. The Labute approximate surface area is 177 Å². The second-order valence-electron chi connectivity index (χ2n) is 6.56. The maximum absolute atomic E-state index is 12.3. The molecule has 152 valence electrons. The molecule has 2 amide bonds. The summed E-state index contributed by atoms with van der Waals surface area (Å²) < 4.78 is 0. The summed E-state index contributed by atoms with van der Waals surface area (Å²) in [4.78, 5) is 28.5. The predicted octanol–water partition coefficient (Wildman–Crippen LogP) is 2.09. The Morgan fingerprint density at radius 1 is 1.07 bits per heavy atom. The van der Waals surface area contributed by atoms with Crippen molar-refractivity contribution in [3.63, 3.8) is 0 Å². The van der Waals surface area contributed by atoms with Crippen molar-refractivity contribution in [3.05, 3.63) is 29.3 Å². The molecule has 0 aromatic heterocycles. The van der Waals surface area contributed by atoms with Crippen molar-refractivity contribution >= 4 is 53.9 Å². The molecule has 2 N–H and O–H groups in total. The molecule has 2 aliphatic rings. The lowest BCUT2D eigenvalue weighted by atomic mass is 10.0. The SMILES string of the molecule is Cl.Cl.O=C(NCC(=O)N1CCN(c2ccc(Cl)cc2)CC1)[C@H]1CCCCN1. The average Bonchev–Trinajstić information content (AvgIpc) is 2.67. The number of carbonyl (C=O) groups is 2. The van der Waals surface area contributed by atoms with Gasteiger partial charge in [-0.05, 0) is 43.7 Å². The zero-order valence-electron chi connectivity index (χ0n) is 15.2. The van der Waals surface area contributed by atoms with Crippen LogP contribution < -0.4 is 15.5 Å². The Morgan fingerprint density at radius 2 is 1.74 bits per heavy atom. The number of piperazine rings is 1. The van der Waals surface area contributed by atoms with Crippen molar-refractivity contribution in [1.29, 1.82) is 0 Å². The van der Waals surface area contributed by atoms with E-state index in [9.17, 15) is 9.59 Å². The van der Waals surface area contributed by atoms with Gasteiger partial charge < -0.3 is 20.4 Å². The quantitative estimate of drug-likeness (QED) is 0.757. The normalized spacial score (nSPS) is 19.5. The minimum atomic E-state index is -0.150. The predicted molar refractivity (Wildman–Crippen MR) is 113 cm³/mol. The van der Waals surface area contributed by atoms with Crippen LogP contribution in [0.25, 0.3) is 0 Å². The third-order valence-electron chi connectivity index (χ3n) is 4.86. The Bertz CT molecular complexity index is 601. The van der Waals surface area contributed by atoms with E-state index < -0.39 is 0 Å². The van der Waals surface area contributed by atoms with Crippen LogP contribution in [0.3, 0.4) is 0 Å². The highest BCUT2D eigenvalue weighted by Gasteiger charge is 2.24. The van der Waals surface area contributed by atoms with Crippen LogP contribution in [0.15, 0.2) is 24.3 Å². The van der Waals surface area contributed by atoms with Gasteiger partial charge in [0.1, 0.15) is 0 Å². The maximum atomic E-state index is 12.3. The lowest BCUT2D eigenvalue weighted by molar-refractivity contribution is -0.133. The molecule has 2 heterocycles. The van der Waals surface area contributed by atoms with Crippen LogP contribution in [0.1, 0.15) is 19.3 Å². The molecule has 2 fully saturated rings. The number of amides is 2. The van der Waals surface area contributed by atoms with E-state index in [2.05, 4.69) is 15.5 Å². The first-order valence-electron chi connectivity index (χ1n) is 8.93. The fraction of sp³-hybridized carbons (Fsp3) is 0.556. The summed E-state index contributed by atoms with van der Waals surface area (Å²) in [6.45, 7) is 3.85. The Kier molecular flexibility index (Phi) is 10.2. The van der Waals surface area contributed by atoms with E-state index in [0.717, 1.165) is 49.6 Å². The minimum absolute atomic E-state index is 0. The standard InChI is InChI=1S/C18H25ClN4O2.2ClH/c19-14-4-6-15(7-5-14)22-9-11-23(12-10-22)17(24)13-21-18(25)16-3-1-2-8-20-16;;/h4-7,16,20H,1-3,8-13H2,(H,21,25);2*1H/t16-;;/m1../s1. The number of benzene rings is 1. The van der Waals surface area contributed by atoms with Gasteiger partial charge in [-0.2, -0.15) is 0 Å². The van der Waals surface area contributed by atoms with Crippen molar-refractivity contribution in [3.8, 4) is 0 Å². The number of anilines is 1. The van der Waals surface area contributed by atoms with Gasteiger partial charge in [0.2, 0.25) is 11.8 Å². The van der Waals surface area contributed by atoms with Gasteiger partial charge in [0.05, 0.1) is 12.6 Å². The van der Waals surface area contributed by atoms with Gasteiger partial charge in [0.15, 0.2) is 0 Å². The zero-order chi connectivity index (χ0) is 17.6. The maximum Gasteiger partial charge on any atom is 0.242 e. The van der Waals surface area contributed by atoms with Crippen molar-refractivity contribution < 1.29 is 9.59 Å². The summed E-state index contributed by atoms with van der Waals surface area (Å²) in [6.07, 6.45) is 3.02. The molecule has 0 saturated carbocycles. The molecule has 1 atom stereocenters. The highest BCUT2D eigenvalue weighted by molar-refractivity contribution is 6.30. The molecule has 3 rings (SSSR count). The van der Waals surface area contributed by atoms with Crippen LogP contribution in [0.5, 0.6) is 0 Å². The van der Waals surface area contributed by atoms with E-state index in [1.54, 1.807) is 0 Å². The molecule has 0 radical (unpaired) electrons. The van der Waals surface area contributed by atoms with Crippen LogP contribution in [-0.4, -0.2) is 62.0 Å². The number of hydrogen-bond acceptors (Lipinski definition) is 4. The summed E-state index contributed by atoms with van der Waals surface area (Å²) >= 11 is 5.92. The third-order valence-corrected chi connectivity index (χ3v) is 5.12. The van der Waals surface area contributed by atoms with Gasteiger partial charge in [-0.25, -0.2) is 0 Å². The van der Waals surface area contributed by atoms with Crippen LogP contribution in [0, 0.1) is 0 Å². The van der Waals surface area contributed by atoms with E-state index in [0.29, 0.717) is 13.1 Å². The molecule has 0 bridgehead atoms. The largest absolute Gasteiger partial charge is 0.368 e. The molecule has 0 unspecified atom stereocenters. The number of halogens is 3. The number of rotatable bonds is 4. The first-order valence-corrected chi connectivity index (χ1v) is 9.30. The van der Waals surface area contributed by atoms with Gasteiger partial charge in [-0.3, -0.25) is 9.59 Å². The summed E-state index contributed by atoms with van der Waals surface area (Å²) in [5, 5.41) is 6.70. The fourth-order valence-electron chi connectivity index (χ4n) is 3.34. The highest BCUT2D eigenvalue weighted by Crippen LogP contribution is 2.19. The topological polar surface area (TPSA) is 64.7 Å². The molecular formula is C18H27Cl3N4O2. The van der Waals surface area contributed by atoms with E-state index >= 15 is 0 Å². The van der Waals surface area contributed by atoms with Crippen molar-refractivity contribution in [2.45, 2.75) is 25.3 Å². The van der Waals surface area contributed by atoms with E-state index in [-0.39, 0.29) is 49.2 Å². The monoisotopic (exact) mass is 436 g/mol. The molecule has 6 nitrogen and oxygen atoms in total. The number of nitrogens with zero attached hydrogens (tertiary/aromatic N) is 2. The van der Waals surface area contributed by atoms with Crippen molar-refractivity contribution in [2.75, 3.05) is 44.2 Å². The van der Waals surface area contributed by atoms with Crippen LogP contribution in [0.2, 0.25) is 5.02 Å². The molecule has 2 saturated heterocycles. The van der Waals surface area contributed by atoms with Gasteiger partial charge >= 0.3 is 0 Å². The lowest BCUT2D eigenvalue weighted by Crippen LogP contribution is -2.53. The average molecular weight is 438 g/mol. The van der Waals surface area contributed by atoms with E-state index in [4.69, 9.17) is 11.6 Å². The fourth-order valence-corrected chi connectivity index (χ4v) is 3.47. The van der Waals surface area contributed by atoms with Gasteiger partial charge in [0, 0.05) is 36.9 Å². The summed E-state index contributed by atoms with van der Waals surface area (Å²) in [5.41, 5.74) is 1.12. The zero-order valence-corrected chi connectivity index (χ0v) is 17.5. The van der Waals surface area contributed by atoms with Crippen molar-refractivity contribution in [1.82, 2.24) is 15.5 Å². The van der Waals surface area contributed by atoms with Crippen LogP contribution in [-0.2, 0) is 9.59 Å². The van der Waals surface area contributed by atoms with Gasteiger partial charge in [0.25, 0.3) is 0 Å². The van der Waals surface area contributed by atoms with E-state index in [1.807, 2.05) is 29.2 Å². The highest BCUT2D eigenvalue weighted by atomic mass is 35.5. The molecular weight excluding hydrogens is 411 g/mol. The Balaban J connectivity index is 0.00000182. The molecule has 0 aliphatic carbocycles. The number of nitrogens with one attached hydrogen (secondary N) is 2. The molecule has 9 heteroatoms. The number of carbonyl (C=O) groups excluding carboxylic acids is 2. The molecule has 1 aromatic rings. The number of piperidine rings is 1. The van der Waals surface area contributed by atoms with E-state index in [1.165, 1.54) is 0 Å². The van der Waals surface area contributed by atoms with Crippen LogP contribution >= 0.6 is 36.4 Å². The first kappa shape index (κ1) is 23.8. The van der Waals surface area contributed by atoms with Gasteiger partial charge in [-0.1, -0.05) is 18.0 Å². The second-order valence-corrected chi connectivity index (χ2v) is 7.00. The molecule has 0 spiro atoms. The smallest absolute Gasteiger partial charge is 0.242 e. The lowest BCUT2D eigenvalue weighted by Gasteiger charge is -2.36. The third kappa shape index (κ3) is 6.71. The summed E-state index contributed by atoms with van der Waals surface area (Å²) in [5.74, 6) is -0.0761. The second kappa shape index (κ2) is 11.6. The van der Waals surface area contributed by atoms with Crippen molar-refractivity contribution in [2.24, 2.45) is 0 Å². The van der Waals surface area contributed by atoms with Gasteiger partial charge in [-0.15, -0.1) is 24.8 Å². The molecule has 2 aliphatic heterocycles. The Hall–Kier alpha value is -1.21. The summed E-state index contributed by atoms with van der Waals surface area (Å²) in [6, 6.07) is 7.60.